The molecule has 0 saturated carbocycles. The molecule has 2 amide bonds. The van der Waals surface area contributed by atoms with E-state index in [1.807, 2.05) is 0 Å². The molecule has 1 aromatic rings. The van der Waals surface area contributed by atoms with E-state index in [2.05, 4.69) is 5.32 Å². The van der Waals surface area contributed by atoms with Crippen LogP contribution in [0.2, 0.25) is 0 Å². The lowest BCUT2D eigenvalue weighted by atomic mass is 10.1. The van der Waals surface area contributed by atoms with Gasteiger partial charge in [0.05, 0.1) is 5.56 Å². The maximum Gasteiger partial charge on any atom is 0.255 e. The summed E-state index contributed by atoms with van der Waals surface area (Å²) >= 11 is 0. The third-order valence-corrected chi connectivity index (χ3v) is 2.62. The lowest BCUT2D eigenvalue weighted by Gasteiger charge is -2.17. The fourth-order valence-electron chi connectivity index (χ4n) is 1.45. The van der Waals surface area contributed by atoms with E-state index in [0.717, 1.165) is 12.1 Å². The second-order valence-electron chi connectivity index (χ2n) is 4.00. The normalized spacial score (nSPS) is 10.1. The third kappa shape index (κ3) is 3.64. The molecular weight excluding hydrogens is 256 g/mol. The van der Waals surface area contributed by atoms with Gasteiger partial charge in [0.1, 0.15) is 0 Å². The molecule has 0 spiro atoms. The molecule has 0 radical (unpaired) electrons. The van der Waals surface area contributed by atoms with E-state index in [-0.39, 0.29) is 30.1 Å². The number of nitrogen functional groups attached to an aromatic ring is 1. The molecule has 1 rings (SSSR count). The number of hydrogen-bond acceptors (Lipinski definition) is 3. The smallest absolute Gasteiger partial charge is 0.255 e. The summed E-state index contributed by atoms with van der Waals surface area (Å²) in [6.07, 6.45) is 0.113. The Morgan fingerprint density at radius 3 is 2.47 bits per heavy atom. The first-order valence-corrected chi connectivity index (χ1v) is 5.57. The molecule has 0 fully saturated rings. The van der Waals surface area contributed by atoms with Crippen molar-refractivity contribution in [1.29, 1.82) is 0 Å². The summed E-state index contributed by atoms with van der Waals surface area (Å²) in [6, 6.07) is 1.51. The number of nitrogens with zero attached hydrogens (tertiary/aromatic N) is 1. The minimum Gasteiger partial charge on any atom is -0.398 e. The minimum atomic E-state index is -1.14. The highest BCUT2D eigenvalue weighted by atomic mass is 19.2. The van der Waals surface area contributed by atoms with Gasteiger partial charge in [0.15, 0.2) is 11.6 Å². The molecule has 19 heavy (non-hydrogen) atoms. The van der Waals surface area contributed by atoms with Crippen molar-refractivity contribution in [3.8, 4) is 0 Å². The maximum absolute atomic E-state index is 13.1. The molecule has 0 aliphatic heterocycles. The van der Waals surface area contributed by atoms with Gasteiger partial charge < -0.3 is 16.0 Å². The highest BCUT2D eigenvalue weighted by molar-refractivity contribution is 5.99. The summed E-state index contributed by atoms with van der Waals surface area (Å²) in [7, 11) is 2.93. The Bertz CT molecular complexity index is 506. The minimum absolute atomic E-state index is 0.113. The first-order valence-electron chi connectivity index (χ1n) is 5.57. The summed E-state index contributed by atoms with van der Waals surface area (Å²) in [5.41, 5.74) is 5.21. The van der Waals surface area contributed by atoms with E-state index in [1.165, 1.54) is 19.0 Å². The van der Waals surface area contributed by atoms with Crippen molar-refractivity contribution in [1.82, 2.24) is 10.2 Å². The molecule has 0 aliphatic rings. The molecule has 0 aromatic heterocycles. The van der Waals surface area contributed by atoms with Crippen LogP contribution in [0.3, 0.4) is 0 Å². The van der Waals surface area contributed by atoms with Crippen LogP contribution in [0.5, 0.6) is 0 Å². The third-order valence-electron chi connectivity index (χ3n) is 2.62. The van der Waals surface area contributed by atoms with Gasteiger partial charge in [-0.05, 0) is 6.07 Å². The van der Waals surface area contributed by atoms with Crippen LogP contribution in [-0.4, -0.2) is 37.4 Å². The zero-order valence-electron chi connectivity index (χ0n) is 10.7. The van der Waals surface area contributed by atoms with E-state index in [0.29, 0.717) is 0 Å². The average Bonchev–Trinajstić information content (AvgIpc) is 2.38. The van der Waals surface area contributed by atoms with Gasteiger partial charge in [-0.15, -0.1) is 0 Å². The Morgan fingerprint density at radius 2 is 1.89 bits per heavy atom. The van der Waals surface area contributed by atoms with Gasteiger partial charge in [-0.3, -0.25) is 9.59 Å². The molecule has 5 nitrogen and oxygen atoms in total. The second-order valence-corrected chi connectivity index (χ2v) is 4.00. The second kappa shape index (κ2) is 6.12. The number of nitrogens with one attached hydrogen (secondary N) is 1. The maximum atomic E-state index is 13.1. The Balaban J connectivity index is 2.82. The molecular formula is C12H15F2N3O2. The molecule has 0 heterocycles. The van der Waals surface area contributed by atoms with Crippen LogP contribution in [-0.2, 0) is 4.79 Å². The van der Waals surface area contributed by atoms with Gasteiger partial charge in [0, 0.05) is 38.8 Å². The quantitative estimate of drug-likeness (QED) is 0.794. The van der Waals surface area contributed by atoms with Crippen LogP contribution < -0.4 is 11.1 Å². The molecule has 0 aliphatic carbocycles. The Hall–Kier alpha value is -2.18. The molecule has 3 N–H and O–H groups in total. The monoisotopic (exact) mass is 271 g/mol. The lowest BCUT2D eigenvalue weighted by molar-refractivity contribution is -0.120. The highest BCUT2D eigenvalue weighted by Crippen LogP contribution is 2.18. The van der Waals surface area contributed by atoms with E-state index in [9.17, 15) is 18.4 Å². The summed E-state index contributed by atoms with van der Waals surface area (Å²) in [4.78, 5) is 24.2. The number of carbonyl (C=O) groups excluding carboxylic acids is 2. The van der Waals surface area contributed by atoms with Crippen molar-refractivity contribution in [2.24, 2.45) is 0 Å². The average molecular weight is 271 g/mol. The van der Waals surface area contributed by atoms with Crippen molar-refractivity contribution in [3.63, 3.8) is 0 Å². The van der Waals surface area contributed by atoms with E-state index >= 15 is 0 Å². The zero-order valence-corrected chi connectivity index (χ0v) is 10.7. The number of nitrogens with two attached hydrogens (primary N) is 1. The van der Waals surface area contributed by atoms with Crippen LogP contribution in [0.15, 0.2) is 12.1 Å². The molecule has 0 bridgehead atoms. The summed E-state index contributed by atoms with van der Waals surface area (Å²) in [5.74, 6) is -3.04. The lowest BCUT2D eigenvalue weighted by Crippen LogP contribution is -2.32. The topological polar surface area (TPSA) is 75.4 Å². The fraction of sp³-hybridized carbons (Fsp3) is 0.333. The van der Waals surface area contributed by atoms with Gasteiger partial charge in [-0.2, -0.15) is 0 Å². The Labute approximate surface area is 109 Å². The molecule has 104 valence electrons. The number of carbonyl (C=O) groups is 2. The molecule has 1 aromatic carbocycles. The SMILES string of the molecule is CNC(=O)CCN(C)C(=O)c1cc(F)c(F)cc1N. The number of hydrogen-bond donors (Lipinski definition) is 2. The first kappa shape index (κ1) is 14.9. The molecule has 7 heteroatoms. The summed E-state index contributed by atoms with van der Waals surface area (Å²) in [6.45, 7) is 0.150. The standard InChI is InChI=1S/C12H15F2N3O2/c1-16-11(18)3-4-17(2)12(19)7-5-8(13)9(14)6-10(7)15/h5-6H,3-4,15H2,1-2H3,(H,16,18). The van der Waals surface area contributed by atoms with Gasteiger partial charge >= 0.3 is 0 Å². The van der Waals surface area contributed by atoms with E-state index in [4.69, 9.17) is 5.73 Å². The first-order chi connectivity index (χ1) is 8.86. The largest absolute Gasteiger partial charge is 0.398 e. The number of anilines is 1. The van der Waals surface area contributed by atoms with Crippen molar-refractivity contribution >= 4 is 17.5 Å². The number of amides is 2. The van der Waals surface area contributed by atoms with E-state index < -0.39 is 17.5 Å². The number of benzene rings is 1. The predicted octanol–water partition coefficient (Wildman–Crippen LogP) is 0.755. The zero-order chi connectivity index (χ0) is 14.6. The fourth-order valence-corrected chi connectivity index (χ4v) is 1.45. The number of rotatable bonds is 4. The van der Waals surface area contributed by atoms with Crippen molar-refractivity contribution in [2.75, 3.05) is 26.4 Å². The van der Waals surface area contributed by atoms with Crippen molar-refractivity contribution < 1.29 is 18.4 Å². The van der Waals surface area contributed by atoms with Crippen LogP contribution in [0.4, 0.5) is 14.5 Å². The predicted molar refractivity (Wildman–Crippen MR) is 66.4 cm³/mol. The van der Waals surface area contributed by atoms with Crippen LogP contribution in [0, 0.1) is 11.6 Å². The Kier molecular flexibility index (Phi) is 4.80. The van der Waals surface area contributed by atoms with Gasteiger partial charge in [0.25, 0.3) is 5.91 Å². The van der Waals surface area contributed by atoms with Crippen molar-refractivity contribution in [3.05, 3.63) is 29.3 Å². The summed E-state index contributed by atoms with van der Waals surface area (Å²) in [5, 5.41) is 2.42. The van der Waals surface area contributed by atoms with Crippen LogP contribution in [0.1, 0.15) is 16.8 Å². The van der Waals surface area contributed by atoms with Crippen LogP contribution >= 0.6 is 0 Å². The van der Waals surface area contributed by atoms with E-state index in [1.54, 1.807) is 0 Å². The van der Waals surface area contributed by atoms with Gasteiger partial charge in [-0.1, -0.05) is 0 Å². The summed E-state index contributed by atoms with van der Waals surface area (Å²) < 4.78 is 26.0. The molecule has 0 unspecified atom stereocenters. The van der Waals surface area contributed by atoms with Gasteiger partial charge in [-0.25, -0.2) is 8.78 Å². The highest BCUT2D eigenvalue weighted by Gasteiger charge is 2.18. The van der Waals surface area contributed by atoms with Crippen LogP contribution in [0.25, 0.3) is 0 Å². The van der Waals surface area contributed by atoms with Crippen molar-refractivity contribution in [2.45, 2.75) is 6.42 Å². The molecule has 0 atom stereocenters. The Morgan fingerprint density at radius 1 is 1.32 bits per heavy atom. The number of halogens is 2. The molecule has 0 saturated heterocycles. The van der Waals surface area contributed by atoms with Gasteiger partial charge in [0.2, 0.25) is 5.91 Å².